The number of benzene rings is 2. The van der Waals surface area contributed by atoms with Crippen LogP contribution in [0.25, 0.3) is 0 Å². The van der Waals surface area contributed by atoms with Crippen molar-refractivity contribution in [3.05, 3.63) is 106 Å². The summed E-state index contributed by atoms with van der Waals surface area (Å²) in [6, 6.07) is 24.0. The molecule has 0 atom stereocenters. The molecule has 2 heterocycles. The van der Waals surface area contributed by atoms with Crippen LogP contribution < -0.4 is 20.2 Å². The quantitative estimate of drug-likeness (QED) is 0.132. The van der Waals surface area contributed by atoms with Crippen molar-refractivity contribution in [2.24, 2.45) is 0 Å². The Kier molecular flexibility index (Phi) is 21.1. The maximum Gasteiger partial charge on any atom is 2.00 e. The Balaban J connectivity index is 0.000000434. The molecule has 4 aromatic carbocycles. The Morgan fingerprint density at radius 3 is 1.23 bits per heavy atom. The Morgan fingerprint density at radius 2 is 0.929 bits per heavy atom. The molecule has 6 rings (SSSR count). The van der Waals surface area contributed by atoms with Crippen molar-refractivity contribution in [3.8, 4) is 11.5 Å². The van der Waals surface area contributed by atoms with Crippen molar-refractivity contribution in [3.63, 3.8) is 0 Å². The minimum absolute atomic E-state index is 0. The Bertz CT molecular complexity index is 1610. The smallest absolute Gasteiger partial charge is 0.873 e. The van der Waals surface area contributed by atoms with Gasteiger partial charge in [0.15, 0.2) is 0 Å². The minimum Gasteiger partial charge on any atom is -0.873 e. The van der Waals surface area contributed by atoms with E-state index in [1.807, 2.05) is 73.1 Å². The van der Waals surface area contributed by atoms with Crippen LogP contribution in [0.3, 0.4) is 0 Å². The van der Waals surface area contributed by atoms with Crippen LogP contribution in [0.5, 0.6) is 11.5 Å². The van der Waals surface area contributed by atoms with E-state index in [4.69, 9.17) is 9.47 Å². The van der Waals surface area contributed by atoms with E-state index in [-0.39, 0.29) is 73.3 Å². The van der Waals surface area contributed by atoms with Crippen molar-refractivity contribution in [2.45, 2.75) is 130 Å². The SMILES string of the molecule is C1CCOC1.C1CCOC1.CC(C)(C)c1cc(C=[NH+][c-]2[cH-][cH-][cH-][cH-]2)c([O-])c(C(C)(C)C)c1.CC(C)(C)c1cc(C=[NH+][c-]2cccc2)c([O-])c(C(C)(C)C)c1.[Fe].[Mg+2]. The Morgan fingerprint density at radius 1 is 0.571 bits per heavy atom. The number of rotatable bonds is 4. The third kappa shape index (κ3) is 17.0. The fraction of sp³-hybridized carbons (Fsp3) is 0.500. The molecule has 308 valence electrons. The van der Waals surface area contributed by atoms with Gasteiger partial charge >= 0.3 is 23.1 Å². The molecular weight excluding hydrogens is 749 g/mol. The van der Waals surface area contributed by atoms with Crippen molar-refractivity contribution in [2.75, 3.05) is 26.4 Å². The van der Waals surface area contributed by atoms with Crippen LogP contribution in [0.4, 0.5) is 11.4 Å². The fourth-order valence-electron chi connectivity index (χ4n) is 5.78. The van der Waals surface area contributed by atoms with E-state index < -0.39 is 0 Å². The van der Waals surface area contributed by atoms with Gasteiger partial charge in [0.1, 0.15) is 11.9 Å². The zero-order valence-electron chi connectivity index (χ0n) is 36.4. The van der Waals surface area contributed by atoms with E-state index in [1.54, 1.807) is 0 Å². The third-order valence-electron chi connectivity index (χ3n) is 9.35. The summed E-state index contributed by atoms with van der Waals surface area (Å²) in [7, 11) is 0. The second-order valence-corrected chi connectivity index (χ2v) is 18.4. The van der Waals surface area contributed by atoms with Gasteiger partial charge in [-0.3, -0.25) is 4.99 Å². The van der Waals surface area contributed by atoms with Gasteiger partial charge < -0.3 is 54.6 Å². The molecule has 56 heavy (non-hydrogen) atoms. The van der Waals surface area contributed by atoms with Crippen LogP contribution in [0.2, 0.25) is 0 Å². The Hall–Kier alpha value is -2.71. The predicted octanol–water partition coefficient (Wildman–Crippen LogP) is 7.02. The van der Waals surface area contributed by atoms with Crippen LogP contribution in [0.15, 0.2) is 72.8 Å². The zero-order chi connectivity index (χ0) is 40.2. The van der Waals surface area contributed by atoms with Crippen LogP contribution in [-0.4, -0.2) is 61.9 Å². The fourth-order valence-corrected chi connectivity index (χ4v) is 5.78. The molecule has 0 bridgehead atoms. The summed E-state index contributed by atoms with van der Waals surface area (Å²) in [4.78, 5) is 6.43. The first-order valence-electron chi connectivity index (χ1n) is 19.7. The molecule has 8 heteroatoms. The molecule has 2 aliphatic heterocycles. The van der Waals surface area contributed by atoms with Gasteiger partial charge in [0.25, 0.3) is 0 Å². The summed E-state index contributed by atoms with van der Waals surface area (Å²) < 4.78 is 9.89. The monoisotopic (exact) mass is 816 g/mol. The van der Waals surface area contributed by atoms with Gasteiger partial charge in [-0.1, -0.05) is 142 Å². The normalized spacial score (nSPS) is 14.5. The first-order chi connectivity index (χ1) is 25.2. The number of ether oxygens (including phenoxy) is 2. The average molecular weight is 817 g/mol. The topological polar surface area (TPSA) is 92.5 Å². The minimum atomic E-state index is -0.165. The summed E-state index contributed by atoms with van der Waals surface area (Å²) in [5.41, 5.74) is 7.24. The molecule has 0 amide bonds. The maximum absolute atomic E-state index is 12.8. The van der Waals surface area contributed by atoms with Gasteiger partial charge in [0.05, 0.1) is 0 Å². The van der Waals surface area contributed by atoms with Crippen molar-refractivity contribution >= 4 is 46.9 Å². The first-order valence-corrected chi connectivity index (χ1v) is 19.7. The number of nitrogens with one attached hydrogen (secondary N) is 2. The average Bonchev–Trinajstić information content (AvgIpc) is 3.92. The molecule has 4 aromatic rings. The van der Waals surface area contributed by atoms with E-state index in [9.17, 15) is 10.2 Å². The number of hydrogen-bond donors (Lipinski definition) is 2. The van der Waals surface area contributed by atoms with E-state index in [1.165, 1.54) is 36.8 Å². The summed E-state index contributed by atoms with van der Waals surface area (Å²) >= 11 is 0. The molecule has 0 spiro atoms. The summed E-state index contributed by atoms with van der Waals surface area (Å²) in [5.74, 6) is 0.221. The first kappa shape index (κ1) is 51.3. The van der Waals surface area contributed by atoms with Gasteiger partial charge in [-0.15, -0.1) is 11.5 Å². The van der Waals surface area contributed by atoms with E-state index in [2.05, 4.69) is 105 Å². The van der Waals surface area contributed by atoms with Gasteiger partial charge in [0, 0.05) is 43.5 Å². The predicted molar refractivity (Wildman–Crippen MR) is 228 cm³/mol. The van der Waals surface area contributed by atoms with Gasteiger partial charge in [-0.2, -0.15) is 12.1 Å². The molecule has 0 unspecified atom stereocenters. The van der Waals surface area contributed by atoms with E-state index in [0.717, 1.165) is 60.1 Å². The molecule has 2 N–H and O–H groups in total. The zero-order valence-corrected chi connectivity index (χ0v) is 39.0. The van der Waals surface area contributed by atoms with Crippen LogP contribution in [0, 0.1) is 0 Å². The van der Waals surface area contributed by atoms with Crippen LogP contribution in [0.1, 0.15) is 142 Å². The van der Waals surface area contributed by atoms with Gasteiger partial charge in [-0.05, 0) is 64.0 Å². The molecule has 2 aliphatic rings. The number of hydrogen-bond acceptors (Lipinski definition) is 4. The van der Waals surface area contributed by atoms with Gasteiger partial charge in [-0.25, -0.2) is 0 Å². The molecular formula is C48H68FeMgN2O4-4. The van der Waals surface area contributed by atoms with Crippen molar-refractivity contribution in [1.82, 2.24) is 0 Å². The van der Waals surface area contributed by atoms with Crippen molar-refractivity contribution < 1.29 is 46.7 Å². The molecule has 0 aliphatic carbocycles. The van der Waals surface area contributed by atoms with Crippen LogP contribution >= 0.6 is 0 Å². The third-order valence-corrected chi connectivity index (χ3v) is 9.35. The summed E-state index contributed by atoms with van der Waals surface area (Å²) in [6.07, 6.45) is 8.75. The second-order valence-electron chi connectivity index (χ2n) is 18.4. The Labute approximate surface area is 366 Å². The van der Waals surface area contributed by atoms with E-state index >= 15 is 0 Å². The van der Waals surface area contributed by atoms with Gasteiger partial charge in [0.2, 0.25) is 0 Å². The second kappa shape index (κ2) is 23.0. The molecule has 0 aromatic heterocycles. The summed E-state index contributed by atoms with van der Waals surface area (Å²) in [5, 5.41) is 25.6. The molecule has 2 saturated heterocycles. The molecule has 0 radical (unpaired) electrons. The van der Waals surface area contributed by atoms with E-state index in [0.29, 0.717) is 0 Å². The van der Waals surface area contributed by atoms with Crippen LogP contribution in [-0.2, 0) is 48.2 Å². The molecule has 0 saturated carbocycles. The maximum atomic E-state index is 12.8. The standard InChI is InChI=1S/2C20H27NO.2C4H8O.Fe.Mg/c2*1-19(2,3)15-11-14(13-21-16-9-7-8-10-16)18(22)17(12-15)20(4,5)6;2*1-2-4-5-3-1;;/h2*7-13,21-22H,1-6H3;2*1-4H2;;/q;-4;;;;+2/p-2. The summed E-state index contributed by atoms with van der Waals surface area (Å²) in [6.45, 7) is 29.6. The molecule has 6 nitrogen and oxygen atoms in total. The molecule has 2 fully saturated rings. The van der Waals surface area contributed by atoms with Crippen molar-refractivity contribution in [1.29, 1.82) is 0 Å². The largest absolute Gasteiger partial charge is 2.00 e.